The third-order valence-electron chi connectivity index (χ3n) is 4.74. The molecule has 3 aromatic carbocycles. The number of H-pyrrole nitrogens is 1. The monoisotopic (exact) mass is 465 g/mol. The van der Waals surface area contributed by atoms with Crippen molar-refractivity contribution in [1.29, 1.82) is 0 Å². The van der Waals surface area contributed by atoms with Gasteiger partial charge in [0.1, 0.15) is 24.0 Å². The molecule has 0 radical (unpaired) electrons. The Morgan fingerprint density at radius 2 is 1.75 bits per heavy atom. The van der Waals surface area contributed by atoms with Crippen LogP contribution in [0.15, 0.2) is 78.0 Å². The third-order valence-corrected chi connectivity index (χ3v) is 5.94. The van der Waals surface area contributed by atoms with Gasteiger partial charge >= 0.3 is 0 Å². The SMILES string of the molecule is Fc1ccc(OCc2nnc(SCc3nc4ccccc4[nH]3)n2-c2ccc(Cl)cc2)cc1. The van der Waals surface area contributed by atoms with E-state index in [1.807, 2.05) is 53.1 Å². The number of ether oxygens (including phenoxy) is 1. The number of benzene rings is 3. The van der Waals surface area contributed by atoms with E-state index in [4.69, 9.17) is 16.3 Å². The summed E-state index contributed by atoms with van der Waals surface area (Å²) in [6.45, 7) is 0.173. The number of nitrogens with one attached hydrogen (secondary N) is 1. The predicted octanol–water partition coefficient (Wildman–Crippen LogP) is 5.81. The zero-order chi connectivity index (χ0) is 21.9. The summed E-state index contributed by atoms with van der Waals surface area (Å²) >= 11 is 7.59. The number of halogens is 2. The van der Waals surface area contributed by atoms with Crippen LogP contribution >= 0.6 is 23.4 Å². The third kappa shape index (κ3) is 4.46. The Kier molecular flexibility index (Phi) is 5.79. The Bertz CT molecular complexity index is 1320. The highest BCUT2D eigenvalue weighted by Gasteiger charge is 2.16. The number of imidazole rings is 1. The minimum absolute atomic E-state index is 0.173. The van der Waals surface area contributed by atoms with Gasteiger partial charge < -0.3 is 9.72 Å². The Hall–Kier alpha value is -3.36. The van der Waals surface area contributed by atoms with Crippen LogP contribution in [-0.4, -0.2) is 24.7 Å². The number of aromatic nitrogens is 5. The molecule has 0 aliphatic heterocycles. The summed E-state index contributed by atoms with van der Waals surface area (Å²) in [5.41, 5.74) is 2.79. The molecule has 0 saturated heterocycles. The lowest BCUT2D eigenvalue weighted by Gasteiger charge is -2.11. The molecule has 1 N–H and O–H groups in total. The summed E-state index contributed by atoms with van der Waals surface area (Å²) < 4.78 is 20.9. The zero-order valence-corrected chi connectivity index (χ0v) is 18.3. The first-order valence-electron chi connectivity index (χ1n) is 9.81. The van der Waals surface area contributed by atoms with Crippen molar-refractivity contribution in [2.45, 2.75) is 17.5 Å². The van der Waals surface area contributed by atoms with Gasteiger partial charge in [-0.15, -0.1) is 10.2 Å². The lowest BCUT2D eigenvalue weighted by atomic mass is 10.3. The molecule has 160 valence electrons. The van der Waals surface area contributed by atoms with Gasteiger partial charge in [-0.1, -0.05) is 35.5 Å². The summed E-state index contributed by atoms with van der Waals surface area (Å²) in [6.07, 6.45) is 0. The molecule has 0 bridgehead atoms. The van der Waals surface area contributed by atoms with Crippen molar-refractivity contribution in [3.8, 4) is 11.4 Å². The average molecular weight is 466 g/mol. The standard InChI is InChI=1S/C23H17ClFN5OS/c24-15-5-9-17(10-6-15)30-22(13-31-18-11-7-16(25)8-12-18)28-29-23(30)32-14-21-26-19-3-1-2-4-20(19)27-21/h1-12H,13-14H2,(H,26,27). The average Bonchev–Trinajstić information content (AvgIpc) is 3.41. The number of para-hydroxylation sites is 2. The van der Waals surface area contributed by atoms with E-state index in [-0.39, 0.29) is 12.4 Å². The molecule has 2 heterocycles. The van der Waals surface area contributed by atoms with Crippen LogP contribution in [0.4, 0.5) is 4.39 Å². The van der Waals surface area contributed by atoms with Gasteiger partial charge in [0, 0.05) is 10.7 Å². The minimum atomic E-state index is -0.314. The normalized spacial score (nSPS) is 11.2. The molecule has 32 heavy (non-hydrogen) atoms. The second kappa shape index (κ2) is 9.02. The molecule has 0 aliphatic rings. The zero-order valence-electron chi connectivity index (χ0n) is 16.7. The van der Waals surface area contributed by atoms with Crippen molar-refractivity contribution < 1.29 is 9.13 Å². The van der Waals surface area contributed by atoms with Gasteiger partial charge in [-0.2, -0.15) is 0 Å². The number of hydrogen-bond donors (Lipinski definition) is 1. The van der Waals surface area contributed by atoms with E-state index < -0.39 is 0 Å². The number of aromatic amines is 1. The molecule has 0 aliphatic carbocycles. The van der Waals surface area contributed by atoms with E-state index in [0.717, 1.165) is 22.5 Å². The topological polar surface area (TPSA) is 68.6 Å². The molecule has 0 atom stereocenters. The number of rotatable bonds is 7. The van der Waals surface area contributed by atoms with Crippen molar-refractivity contribution >= 4 is 34.4 Å². The van der Waals surface area contributed by atoms with Crippen LogP contribution < -0.4 is 4.74 Å². The summed E-state index contributed by atoms with van der Waals surface area (Å²) in [5, 5.41) is 10.0. The van der Waals surface area contributed by atoms with E-state index in [1.54, 1.807) is 12.1 Å². The fraction of sp³-hybridized carbons (Fsp3) is 0.0870. The molecule has 0 unspecified atom stereocenters. The van der Waals surface area contributed by atoms with E-state index in [9.17, 15) is 4.39 Å². The molecule has 0 fully saturated rings. The van der Waals surface area contributed by atoms with Gasteiger partial charge in [0.15, 0.2) is 11.0 Å². The van der Waals surface area contributed by atoms with Crippen molar-refractivity contribution in [3.05, 3.63) is 95.3 Å². The van der Waals surface area contributed by atoms with Crippen molar-refractivity contribution in [3.63, 3.8) is 0 Å². The number of hydrogen-bond acceptors (Lipinski definition) is 5. The van der Waals surface area contributed by atoms with Gasteiger partial charge in [0.05, 0.1) is 16.8 Å². The Labute approximate surface area is 192 Å². The number of nitrogens with zero attached hydrogens (tertiary/aromatic N) is 4. The number of fused-ring (bicyclic) bond motifs is 1. The Balaban J connectivity index is 1.40. The van der Waals surface area contributed by atoms with Gasteiger partial charge in [0.2, 0.25) is 0 Å². The maximum atomic E-state index is 13.2. The highest BCUT2D eigenvalue weighted by Crippen LogP contribution is 2.27. The first kappa shape index (κ1) is 20.5. The molecule has 5 aromatic rings. The maximum Gasteiger partial charge on any atom is 0.196 e. The highest BCUT2D eigenvalue weighted by atomic mass is 35.5. The van der Waals surface area contributed by atoms with Crippen molar-refractivity contribution in [2.24, 2.45) is 0 Å². The summed E-state index contributed by atoms with van der Waals surface area (Å²) in [4.78, 5) is 7.95. The summed E-state index contributed by atoms with van der Waals surface area (Å²) in [6, 6.07) is 21.2. The molecule has 0 amide bonds. The number of thioether (sulfide) groups is 1. The van der Waals surface area contributed by atoms with Crippen LogP contribution in [0.5, 0.6) is 5.75 Å². The van der Waals surface area contributed by atoms with Crippen LogP contribution in [0.1, 0.15) is 11.6 Å². The molecule has 0 spiro atoms. The lowest BCUT2D eigenvalue weighted by Crippen LogP contribution is -2.06. The van der Waals surface area contributed by atoms with Gasteiger partial charge in [-0.05, 0) is 60.7 Å². The smallest absolute Gasteiger partial charge is 0.196 e. The van der Waals surface area contributed by atoms with Crippen molar-refractivity contribution in [1.82, 2.24) is 24.7 Å². The molecule has 2 aromatic heterocycles. The maximum absolute atomic E-state index is 13.2. The summed E-state index contributed by atoms with van der Waals surface area (Å²) in [5.74, 6) is 2.30. The molecule has 5 rings (SSSR count). The molecule has 0 saturated carbocycles. The van der Waals surface area contributed by atoms with Crippen LogP contribution in [0.3, 0.4) is 0 Å². The quantitative estimate of drug-likeness (QED) is 0.307. The second-order valence-electron chi connectivity index (χ2n) is 6.94. The fourth-order valence-electron chi connectivity index (χ4n) is 3.22. The van der Waals surface area contributed by atoms with Crippen LogP contribution in [0.25, 0.3) is 16.7 Å². The first-order valence-corrected chi connectivity index (χ1v) is 11.2. The van der Waals surface area contributed by atoms with E-state index in [1.165, 1.54) is 23.9 Å². The molecular weight excluding hydrogens is 449 g/mol. The Morgan fingerprint density at radius 1 is 0.969 bits per heavy atom. The predicted molar refractivity (Wildman–Crippen MR) is 123 cm³/mol. The summed E-state index contributed by atoms with van der Waals surface area (Å²) in [7, 11) is 0. The fourth-order valence-corrected chi connectivity index (χ4v) is 4.19. The second-order valence-corrected chi connectivity index (χ2v) is 8.32. The Morgan fingerprint density at radius 3 is 2.53 bits per heavy atom. The minimum Gasteiger partial charge on any atom is -0.486 e. The van der Waals surface area contributed by atoms with Gasteiger partial charge in [0.25, 0.3) is 0 Å². The van der Waals surface area contributed by atoms with Gasteiger partial charge in [-0.25, -0.2) is 9.37 Å². The first-order chi connectivity index (χ1) is 15.7. The molecule has 6 nitrogen and oxygen atoms in total. The molecule has 9 heteroatoms. The van der Waals surface area contributed by atoms with E-state index in [0.29, 0.717) is 27.5 Å². The largest absolute Gasteiger partial charge is 0.486 e. The van der Waals surface area contributed by atoms with E-state index >= 15 is 0 Å². The van der Waals surface area contributed by atoms with Crippen LogP contribution in [0.2, 0.25) is 5.02 Å². The van der Waals surface area contributed by atoms with Crippen LogP contribution in [-0.2, 0) is 12.4 Å². The van der Waals surface area contributed by atoms with Gasteiger partial charge in [-0.3, -0.25) is 4.57 Å². The molecular formula is C23H17ClFN5OS. The van der Waals surface area contributed by atoms with Crippen LogP contribution in [0, 0.1) is 5.82 Å². The van der Waals surface area contributed by atoms with E-state index in [2.05, 4.69) is 20.2 Å². The highest BCUT2D eigenvalue weighted by molar-refractivity contribution is 7.98. The van der Waals surface area contributed by atoms with Crippen molar-refractivity contribution in [2.75, 3.05) is 0 Å². The lowest BCUT2D eigenvalue weighted by molar-refractivity contribution is 0.292.